The molecule has 0 aliphatic carbocycles. The van der Waals surface area contributed by atoms with Crippen LogP contribution in [-0.4, -0.2) is 33.3 Å². The summed E-state index contributed by atoms with van der Waals surface area (Å²) in [5.41, 5.74) is 0.926. The minimum absolute atomic E-state index is 0.232. The zero-order valence-corrected chi connectivity index (χ0v) is 11.6. The molecule has 0 aromatic carbocycles. The molecular formula is C13H16N2O3S. The van der Waals surface area contributed by atoms with Crippen molar-refractivity contribution in [2.24, 2.45) is 0 Å². The highest BCUT2D eigenvalue weighted by Crippen LogP contribution is 2.28. The molecule has 3 heterocycles. The van der Waals surface area contributed by atoms with Crippen molar-refractivity contribution in [2.45, 2.75) is 38.8 Å². The Balaban J connectivity index is 2.00. The van der Waals surface area contributed by atoms with E-state index in [-0.39, 0.29) is 6.10 Å². The standard InChI is InChI=1S/C13H16N2O3S/c1-2-11-14-12-9(6-10(19-12)13(16)17)15(11)7-8-4-3-5-18-8/h6,8H,2-5,7H2,1H3,(H,16,17). The van der Waals surface area contributed by atoms with Crippen molar-refractivity contribution in [1.82, 2.24) is 9.55 Å². The number of thiophene rings is 1. The van der Waals surface area contributed by atoms with Crippen LogP contribution in [0.25, 0.3) is 10.3 Å². The Morgan fingerprint density at radius 1 is 1.68 bits per heavy atom. The van der Waals surface area contributed by atoms with E-state index >= 15 is 0 Å². The molecule has 6 heteroatoms. The predicted octanol–water partition coefficient (Wildman–Crippen LogP) is 2.54. The lowest BCUT2D eigenvalue weighted by Crippen LogP contribution is -2.16. The van der Waals surface area contributed by atoms with Crippen LogP contribution in [0.5, 0.6) is 0 Å². The van der Waals surface area contributed by atoms with E-state index in [2.05, 4.69) is 16.5 Å². The monoisotopic (exact) mass is 280 g/mol. The molecule has 1 aliphatic rings. The number of carboxylic acids is 1. The number of nitrogens with zero attached hydrogens (tertiary/aromatic N) is 2. The van der Waals surface area contributed by atoms with Gasteiger partial charge in [0.2, 0.25) is 0 Å². The Bertz CT molecular complexity index is 611. The van der Waals surface area contributed by atoms with Crippen LogP contribution in [0.2, 0.25) is 0 Å². The van der Waals surface area contributed by atoms with Gasteiger partial charge in [-0.3, -0.25) is 0 Å². The fourth-order valence-electron chi connectivity index (χ4n) is 2.53. The van der Waals surface area contributed by atoms with Crippen LogP contribution in [0, 0.1) is 0 Å². The summed E-state index contributed by atoms with van der Waals surface area (Å²) in [5.74, 6) is 0.124. The summed E-state index contributed by atoms with van der Waals surface area (Å²) in [6.07, 6.45) is 3.25. The van der Waals surface area contributed by atoms with Crippen LogP contribution >= 0.6 is 11.3 Å². The second kappa shape index (κ2) is 4.94. The Hall–Kier alpha value is -1.40. The lowest BCUT2D eigenvalue weighted by atomic mass is 10.2. The summed E-state index contributed by atoms with van der Waals surface area (Å²) in [4.78, 5) is 16.7. The second-order valence-corrected chi connectivity index (χ2v) is 5.76. The van der Waals surface area contributed by atoms with Crippen molar-refractivity contribution < 1.29 is 14.6 Å². The van der Waals surface area contributed by atoms with Gasteiger partial charge in [0.25, 0.3) is 0 Å². The highest BCUT2D eigenvalue weighted by atomic mass is 32.1. The van der Waals surface area contributed by atoms with Crippen LogP contribution in [-0.2, 0) is 17.7 Å². The molecule has 1 fully saturated rings. The van der Waals surface area contributed by atoms with E-state index < -0.39 is 5.97 Å². The summed E-state index contributed by atoms with van der Waals surface area (Å²) in [5, 5.41) is 9.05. The third kappa shape index (κ3) is 2.26. The molecule has 1 atom stereocenters. The number of carboxylic acid groups (broad SMARTS) is 1. The minimum atomic E-state index is -0.885. The van der Waals surface area contributed by atoms with E-state index in [1.165, 1.54) is 11.3 Å². The zero-order valence-electron chi connectivity index (χ0n) is 10.8. The third-order valence-corrected chi connectivity index (χ3v) is 4.47. The zero-order chi connectivity index (χ0) is 13.4. The SMILES string of the molecule is CCc1nc2sc(C(=O)O)cc2n1CC1CCCO1. The fourth-order valence-corrected chi connectivity index (χ4v) is 3.42. The first-order chi connectivity index (χ1) is 9.19. The van der Waals surface area contributed by atoms with Crippen molar-refractivity contribution in [3.63, 3.8) is 0 Å². The molecule has 0 spiro atoms. The summed E-state index contributed by atoms with van der Waals surface area (Å²) >= 11 is 1.24. The summed E-state index contributed by atoms with van der Waals surface area (Å²) in [7, 11) is 0. The number of imidazole rings is 1. The molecular weight excluding hydrogens is 264 g/mol. The molecule has 1 saturated heterocycles. The van der Waals surface area contributed by atoms with Crippen LogP contribution in [0.3, 0.4) is 0 Å². The molecule has 0 bridgehead atoms. The average Bonchev–Trinajstić information content (AvgIpc) is 3.06. The Kier molecular flexibility index (Phi) is 3.28. The normalized spacial score (nSPS) is 19.3. The number of aromatic carboxylic acids is 1. The van der Waals surface area contributed by atoms with E-state index in [9.17, 15) is 4.79 Å². The first-order valence-electron chi connectivity index (χ1n) is 6.53. The average molecular weight is 280 g/mol. The van der Waals surface area contributed by atoms with Crippen molar-refractivity contribution in [3.8, 4) is 0 Å². The largest absolute Gasteiger partial charge is 0.477 e. The van der Waals surface area contributed by atoms with E-state index in [0.29, 0.717) is 4.88 Å². The van der Waals surface area contributed by atoms with Gasteiger partial charge in [0.1, 0.15) is 15.5 Å². The Morgan fingerprint density at radius 2 is 2.53 bits per heavy atom. The molecule has 3 rings (SSSR count). The van der Waals surface area contributed by atoms with Gasteiger partial charge >= 0.3 is 5.97 Å². The maximum atomic E-state index is 11.0. The lowest BCUT2D eigenvalue weighted by molar-refractivity contribution is 0.0702. The second-order valence-electron chi connectivity index (χ2n) is 4.73. The topological polar surface area (TPSA) is 64.3 Å². The molecule has 1 N–H and O–H groups in total. The number of rotatable bonds is 4. The number of carbonyl (C=O) groups is 1. The van der Waals surface area contributed by atoms with Crippen molar-refractivity contribution in [2.75, 3.05) is 6.61 Å². The highest BCUT2D eigenvalue weighted by Gasteiger charge is 2.21. The van der Waals surface area contributed by atoms with Gasteiger partial charge in [0, 0.05) is 13.0 Å². The van der Waals surface area contributed by atoms with E-state index in [1.807, 2.05) is 0 Å². The van der Waals surface area contributed by atoms with Gasteiger partial charge in [0.05, 0.1) is 18.2 Å². The number of ether oxygens (including phenoxy) is 1. The lowest BCUT2D eigenvalue weighted by Gasteiger charge is -2.13. The third-order valence-electron chi connectivity index (χ3n) is 3.46. The van der Waals surface area contributed by atoms with Gasteiger partial charge in [-0.2, -0.15) is 0 Å². The number of fused-ring (bicyclic) bond motifs is 1. The molecule has 5 nitrogen and oxygen atoms in total. The molecule has 1 unspecified atom stereocenters. The maximum Gasteiger partial charge on any atom is 0.346 e. The Morgan fingerprint density at radius 3 is 3.16 bits per heavy atom. The predicted molar refractivity (Wildman–Crippen MR) is 72.9 cm³/mol. The minimum Gasteiger partial charge on any atom is -0.477 e. The van der Waals surface area contributed by atoms with Gasteiger partial charge in [-0.05, 0) is 18.9 Å². The van der Waals surface area contributed by atoms with Crippen molar-refractivity contribution in [1.29, 1.82) is 0 Å². The van der Waals surface area contributed by atoms with Gasteiger partial charge in [-0.25, -0.2) is 9.78 Å². The van der Waals surface area contributed by atoms with Crippen LogP contribution in [0.15, 0.2) is 6.07 Å². The molecule has 1 aliphatic heterocycles. The number of aryl methyl sites for hydroxylation is 1. The maximum absolute atomic E-state index is 11.0. The number of hydrogen-bond donors (Lipinski definition) is 1. The van der Waals surface area contributed by atoms with Crippen LogP contribution < -0.4 is 0 Å². The van der Waals surface area contributed by atoms with Crippen molar-refractivity contribution in [3.05, 3.63) is 16.8 Å². The molecule has 102 valence electrons. The van der Waals surface area contributed by atoms with Gasteiger partial charge in [-0.15, -0.1) is 11.3 Å². The van der Waals surface area contributed by atoms with Crippen molar-refractivity contribution >= 4 is 27.7 Å². The molecule has 0 radical (unpaired) electrons. The Labute approximate surface area is 114 Å². The first-order valence-corrected chi connectivity index (χ1v) is 7.34. The van der Waals surface area contributed by atoms with Crippen LogP contribution in [0.4, 0.5) is 0 Å². The van der Waals surface area contributed by atoms with Gasteiger partial charge < -0.3 is 14.4 Å². The van der Waals surface area contributed by atoms with Gasteiger partial charge in [-0.1, -0.05) is 6.92 Å². The first kappa shape index (κ1) is 12.6. The van der Waals surface area contributed by atoms with E-state index in [0.717, 1.165) is 48.6 Å². The number of hydrogen-bond acceptors (Lipinski definition) is 4. The summed E-state index contributed by atoms with van der Waals surface area (Å²) in [6, 6.07) is 1.73. The van der Waals surface area contributed by atoms with E-state index in [4.69, 9.17) is 9.84 Å². The van der Waals surface area contributed by atoms with Crippen LogP contribution in [0.1, 0.15) is 35.3 Å². The molecule has 2 aromatic heterocycles. The fraction of sp³-hybridized carbons (Fsp3) is 0.538. The molecule has 0 amide bonds. The highest BCUT2D eigenvalue weighted by molar-refractivity contribution is 7.20. The number of aromatic nitrogens is 2. The van der Waals surface area contributed by atoms with E-state index in [1.54, 1.807) is 6.07 Å². The molecule has 2 aromatic rings. The van der Waals surface area contributed by atoms with Gasteiger partial charge in [0.15, 0.2) is 0 Å². The smallest absolute Gasteiger partial charge is 0.346 e. The summed E-state index contributed by atoms with van der Waals surface area (Å²) in [6.45, 7) is 3.67. The quantitative estimate of drug-likeness (QED) is 0.934. The molecule has 0 saturated carbocycles. The summed E-state index contributed by atoms with van der Waals surface area (Å²) < 4.78 is 7.79. The molecule has 19 heavy (non-hydrogen) atoms.